The van der Waals surface area contributed by atoms with Crippen LogP contribution in [0.1, 0.15) is 38.5 Å². The highest BCUT2D eigenvalue weighted by molar-refractivity contribution is 7.86. The molecule has 2 atom stereocenters. The molecule has 0 saturated heterocycles. The second-order valence-electron chi connectivity index (χ2n) is 15.7. The first-order chi connectivity index (χ1) is 32.2. The summed E-state index contributed by atoms with van der Waals surface area (Å²) in [7, 11) is -8.47. The first-order valence-electron chi connectivity index (χ1n) is 21.5. The van der Waals surface area contributed by atoms with E-state index in [-0.39, 0.29) is 140 Å². The van der Waals surface area contributed by atoms with E-state index in [0.29, 0.717) is 24.9 Å². The van der Waals surface area contributed by atoms with Gasteiger partial charge in [-0.25, -0.2) is 0 Å². The van der Waals surface area contributed by atoms with Gasteiger partial charge in [-0.3, -0.25) is 28.0 Å². The molecule has 6 N–H and O–H groups in total. The molecule has 0 aromatic carbocycles. The van der Waals surface area contributed by atoms with Crippen LogP contribution in [0.4, 0.5) is 0 Å². The van der Waals surface area contributed by atoms with Gasteiger partial charge in [0.1, 0.15) is 0 Å². The van der Waals surface area contributed by atoms with Crippen molar-refractivity contribution in [2.75, 3.05) is 128 Å². The van der Waals surface area contributed by atoms with Crippen molar-refractivity contribution in [2.24, 2.45) is 0 Å². The van der Waals surface area contributed by atoms with E-state index in [0.717, 1.165) is 0 Å². The van der Waals surface area contributed by atoms with Crippen molar-refractivity contribution < 1.29 is 96.3 Å². The second-order valence-corrected chi connectivity index (χ2v) is 31.0. The Bertz CT molecular complexity index is 1780. The average molecular weight is 1200 g/mol. The number of aliphatic hydroxyl groups is 2. The van der Waals surface area contributed by atoms with Gasteiger partial charge >= 0.3 is 17.6 Å². The van der Waals surface area contributed by atoms with Gasteiger partial charge in [-0.15, -0.1) is 0 Å². The Labute approximate surface area is 430 Å². The van der Waals surface area contributed by atoms with Gasteiger partial charge in [0.2, 0.25) is 62.2 Å². The molecular formula is C31H67N4O22S4Si8. The maximum atomic E-state index is 11.6. The van der Waals surface area contributed by atoms with Crippen molar-refractivity contribution in [1.82, 2.24) is 19.6 Å². The molecule has 0 aliphatic heterocycles. The molecule has 0 aliphatic carbocycles. The highest BCUT2D eigenvalue weighted by Crippen LogP contribution is 2.16. The van der Waals surface area contributed by atoms with E-state index in [1.54, 1.807) is 9.80 Å². The number of rotatable bonds is 48. The number of ether oxygens (including phenoxy) is 2. The third kappa shape index (κ3) is 38.9. The molecule has 0 aliphatic rings. The summed E-state index contributed by atoms with van der Waals surface area (Å²) in [4.78, 5) is 7.23. The van der Waals surface area contributed by atoms with Crippen molar-refractivity contribution in [3.63, 3.8) is 0 Å². The molecule has 69 heavy (non-hydrogen) atoms. The maximum absolute atomic E-state index is 11.6. The highest BCUT2D eigenvalue weighted by Gasteiger charge is 2.37. The number of nitrogens with zero attached hydrogens (tertiary/aromatic N) is 4. The van der Waals surface area contributed by atoms with E-state index in [1.165, 1.54) is 0 Å². The summed E-state index contributed by atoms with van der Waals surface area (Å²) in [5, 5.41) is 21.8. The Kier molecular flexibility index (Phi) is 38.0. The van der Waals surface area contributed by atoms with Crippen LogP contribution in [-0.2, 0) is 74.6 Å². The van der Waals surface area contributed by atoms with Crippen molar-refractivity contribution in [3.05, 3.63) is 0 Å². The third-order valence-electron chi connectivity index (χ3n) is 9.84. The molecule has 38 heteroatoms. The lowest BCUT2D eigenvalue weighted by Gasteiger charge is -2.32. The van der Waals surface area contributed by atoms with Crippen molar-refractivity contribution in [2.45, 2.75) is 69.4 Å². The maximum Gasteiger partial charge on any atom is 0.468 e. The van der Waals surface area contributed by atoms with E-state index < -0.39 is 93.3 Å². The lowest BCUT2D eigenvalue weighted by atomic mass is 10.2. The van der Waals surface area contributed by atoms with Gasteiger partial charge in [0.05, 0.1) is 48.4 Å². The summed E-state index contributed by atoms with van der Waals surface area (Å²) in [5.74, 6) is -2.20. The fourth-order valence-corrected chi connectivity index (χ4v) is 16.6. The van der Waals surface area contributed by atoms with Crippen LogP contribution >= 0.6 is 0 Å². The monoisotopic (exact) mass is 1200 g/mol. The van der Waals surface area contributed by atoms with E-state index in [1.807, 2.05) is 16.3 Å². The molecule has 2 unspecified atom stereocenters. The summed E-state index contributed by atoms with van der Waals surface area (Å²) in [6.45, 7) is 4.00. The molecule has 17 radical (unpaired) electrons. The van der Waals surface area contributed by atoms with Crippen LogP contribution in [0, 0.1) is 0 Å². The third-order valence-corrected chi connectivity index (χ3v) is 23.3. The minimum absolute atomic E-state index is 0.00633. The standard InChI is InChI=1S/C31H67N4O22S4Si8/c1-67-57-69(55-65,56-66)25-7-19-51-29-31(37)27-35(11-5-23-61(47,48)49)17-15-33(9-3-21-59(41,42)43)13-12-32(8-2-20-58(38,39)40)14-16-34(10-4-22-60(44,45)46)26-30(36)28-50-18-6-24-68(52-62,53-63)54-64/h30-31,36-37H,2-29H2,1H3,(H,38,39,40)(H,41,42,43)(H,44,45,46)(H,47,48,49). The van der Waals surface area contributed by atoms with Gasteiger partial charge in [-0.05, 0) is 71.3 Å². The van der Waals surface area contributed by atoms with Gasteiger partial charge in [-0.1, -0.05) is 0 Å². The Morgan fingerprint density at radius 2 is 0.725 bits per heavy atom. The van der Waals surface area contributed by atoms with Crippen LogP contribution in [0.2, 0.25) is 18.6 Å². The van der Waals surface area contributed by atoms with Crippen LogP contribution in [0.25, 0.3) is 0 Å². The van der Waals surface area contributed by atoms with E-state index in [2.05, 4.69) is 52.4 Å². The predicted octanol–water partition coefficient (Wildman–Crippen LogP) is -4.10. The van der Waals surface area contributed by atoms with Crippen molar-refractivity contribution in [1.29, 1.82) is 0 Å². The van der Waals surface area contributed by atoms with Crippen LogP contribution in [-0.4, -0.2) is 302 Å². The van der Waals surface area contributed by atoms with Crippen molar-refractivity contribution in [3.8, 4) is 0 Å². The molecule has 0 aromatic rings. The topological polar surface area (TPSA) is 345 Å². The SMILES string of the molecule is C[Si]O[Si](CCCOCC(O)CN(CCCS(=O)(=O)O)CCN(CCCS(=O)(=O)O)CCN(CCCS(=O)(=O)O)CCN(CCCS(=O)(=O)O)CC(O)COCCC[Si](O[Si])(O[Si])O[Si])(O[Si])O[Si]. The molecule has 0 saturated carbocycles. The normalized spacial score (nSPS) is 14.5. The zero-order valence-electron chi connectivity index (χ0n) is 38.6. The minimum atomic E-state index is -4.33. The Hall–Kier alpha value is 0.815. The van der Waals surface area contributed by atoms with Gasteiger partial charge in [-0.2, -0.15) is 33.7 Å². The molecule has 0 spiro atoms. The summed E-state index contributed by atoms with van der Waals surface area (Å²) >= 11 is 0. The van der Waals surface area contributed by atoms with E-state index in [4.69, 9.17) is 34.2 Å². The lowest BCUT2D eigenvalue weighted by Crippen LogP contribution is -2.45. The molecule has 399 valence electrons. The fourth-order valence-electron chi connectivity index (χ4n) is 6.50. The Balaban J connectivity index is 6.09. The highest BCUT2D eigenvalue weighted by atomic mass is 32.2. The quantitative estimate of drug-likeness (QED) is 0.0192. The largest absolute Gasteiger partial charge is 0.468 e. The smallest absolute Gasteiger partial charge is 0.416 e. The average Bonchev–Trinajstić information content (AvgIpc) is 3.24. The van der Waals surface area contributed by atoms with Gasteiger partial charge in [0.25, 0.3) is 40.5 Å². The summed E-state index contributed by atoms with van der Waals surface area (Å²) in [6, 6.07) is 0.710. The molecule has 0 amide bonds. The number of aliphatic hydroxyl groups excluding tert-OH is 2. The predicted molar refractivity (Wildman–Crippen MR) is 261 cm³/mol. The van der Waals surface area contributed by atoms with Crippen LogP contribution in [0.15, 0.2) is 0 Å². The first kappa shape index (κ1) is 69.8. The molecule has 0 rings (SSSR count). The summed E-state index contributed by atoms with van der Waals surface area (Å²) < 4.78 is 173. The molecule has 26 nitrogen and oxygen atoms in total. The molecular weight excluding hydrogens is 1130 g/mol. The Morgan fingerprint density at radius 1 is 0.449 bits per heavy atom. The summed E-state index contributed by atoms with van der Waals surface area (Å²) in [5.41, 5.74) is 0. The fraction of sp³-hybridized carbons (Fsp3) is 1.00. The van der Waals surface area contributed by atoms with Gasteiger partial charge in [0, 0.05) is 77.7 Å². The van der Waals surface area contributed by atoms with E-state index >= 15 is 0 Å². The molecule has 0 heterocycles. The zero-order chi connectivity index (χ0) is 52.6. The minimum Gasteiger partial charge on any atom is -0.416 e. The Morgan fingerprint density at radius 3 is 1.00 bits per heavy atom. The number of hydrogen-bond donors (Lipinski definition) is 6. The van der Waals surface area contributed by atoms with Crippen LogP contribution in [0.3, 0.4) is 0 Å². The molecule has 0 fully saturated rings. The first-order valence-corrected chi connectivity index (χ1v) is 35.2. The van der Waals surface area contributed by atoms with Crippen molar-refractivity contribution >= 4 is 120 Å². The van der Waals surface area contributed by atoms with Crippen LogP contribution in [0.5, 0.6) is 0 Å². The zero-order valence-corrected chi connectivity index (χ0v) is 49.9. The van der Waals surface area contributed by atoms with E-state index in [9.17, 15) is 62.1 Å². The number of hydrogen-bond acceptors (Lipinski definition) is 22. The molecule has 0 aromatic heterocycles. The van der Waals surface area contributed by atoms with Crippen LogP contribution < -0.4 is 0 Å². The van der Waals surface area contributed by atoms with Gasteiger partial charge < -0.3 is 54.2 Å². The lowest BCUT2D eigenvalue weighted by molar-refractivity contribution is 0.0138. The summed E-state index contributed by atoms with van der Waals surface area (Å²) in [6.07, 6.45) is -1.16. The molecule has 0 bridgehead atoms. The van der Waals surface area contributed by atoms with Gasteiger partial charge in [0.15, 0.2) is 0 Å². The second kappa shape index (κ2) is 37.5.